The van der Waals surface area contributed by atoms with Gasteiger partial charge in [0.05, 0.1) is 24.9 Å². The molecule has 0 aliphatic carbocycles. The highest BCUT2D eigenvalue weighted by atomic mass is 19.1. The highest BCUT2D eigenvalue weighted by Gasteiger charge is 2.16. The van der Waals surface area contributed by atoms with Crippen molar-refractivity contribution in [2.24, 2.45) is 10.9 Å². The summed E-state index contributed by atoms with van der Waals surface area (Å²) >= 11 is 0. The van der Waals surface area contributed by atoms with E-state index in [2.05, 4.69) is 5.16 Å². The fourth-order valence-corrected chi connectivity index (χ4v) is 2.02. The zero-order valence-electron chi connectivity index (χ0n) is 10.5. The smallest absolute Gasteiger partial charge is 0.173 e. The summed E-state index contributed by atoms with van der Waals surface area (Å²) in [6, 6.07) is 4.70. The molecule has 1 unspecified atom stereocenters. The van der Waals surface area contributed by atoms with Crippen LogP contribution in [0, 0.1) is 5.82 Å². The van der Waals surface area contributed by atoms with E-state index in [0.29, 0.717) is 12.2 Å². The number of ether oxygens (including phenoxy) is 2. The van der Waals surface area contributed by atoms with E-state index in [4.69, 9.17) is 20.4 Å². The average molecular weight is 268 g/mol. The predicted molar refractivity (Wildman–Crippen MR) is 67.5 cm³/mol. The topological polar surface area (TPSA) is 77.1 Å². The molecule has 19 heavy (non-hydrogen) atoms. The second-order valence-corrected chi connectivity index (χ2v) is 4.41. The van der Waals surface area contributed by atoms with Crippen molar-refractivity contribution in [3.8, 4) is 0 Å². The minimum absolute atomic E-state index is 0.0701. The summed E-state index contributed by atoms with van der Waals surface area (Å²) in [6.45, 7) is 1.35. The molecule has 1 aliphatic rings. The summed E-state index contributed by atoms with van der Waals surface area (Å²) < 4.78 is 24.9. The molecule has 0 saturated carbocycles. The third-order valence-electron chi connectivity index (χ3n) is 3.05. The molecule has 0 radical (unpaired) electrons. The molecule has 1 heterocycles. The largest absolute Gasteiger partial charge is 0.409 e. The van der Waals surface area contributed by atoms with Crippen LogP contribution in [0.4, 0.5) is 4.39 Å². The summed E-state index contributed by atoms with van der Waals surface area (Å²) in [6.07, 6.45) is 2.13. The minimum Gasteiger partial charge on any atom is -0.409 e. The molecule has 0 bridgehead atoms. The van der Waals surface area contributed by atoms with Gasteiger partial charge in [-0.2, -0.15) is 0 Å². The van der Waals surface area contributed by atoms with Crippen LogP contribution in [0.2, 0.25) is 0 Å². The van der Waals surface area contributed by atoms with E-state index in [1.807, 2.05) is 0 Å². The van der Waals surface area contributed by atoms with E-state index < -0.39 is 5.82 Å². The van der Waals surface area contributed by atoms with Crippen molar-refractivity contribution >= 4 is 5.84 Å². The molecule has 0 aromatic heterocycles. The quantitative estimate of drug-likeness (QED) is 0.368. The molecule has 1 aromatic carbocycles. The first kappa shape index (κ1) is 13.8. The second kappa shape index (κ2) is 6.49. The first-order valence-electron chi connectivity index (χ1n) is 6.17. The van der Waals surface area contributed by atoms with Gasteiger partial charge in [0.1, 0.15) is 5.82 Å². The van der Waals surface area contributed by atoms with Gasteiger partial charge in [-0.25, -0.2) is 4.39 Å². The number of nitrogens with zero attached hydrogens (tertiary/aromatic N) is 1. The van der Waals surface area contributed by atoms with Crippen LogP contribution in [-0.2, 0) is 16.1 Å². The number of hydrogen-bond donors (Lipinski definition) is 2. The van der Waals surface area contributed by atoms with Crippen LogP contribution in [0.5, 0.6) is 0 Å². The van der Waals surface area contributed by atoms with Crippen LogP contribution < -0.4 is 5.73 Å². The normalized spacial score (nSPS) is 19.8. The van der Waals surface area contributed by atoms with Gasteiger partial charge in [-0.3, -0.25) is 0 Å². The Kier molecular flexibility index (Phi) is 4.70. The van der Waals surface area contributed by atoms with Crippen LogP contribution in [0.25, 0.3) is 0 Å². The van der Waals surface area contributed by atoms with E-state index in [9.17, 15) is 4.39 Å². The molecule has 1 aliphatic heterocycles. The van der Waals surface area contributed by atoms with Gasteiger partial charge in [0.25, 0.3) is 0 Å². The number of oxime groups is 1. The summed E-state index contributed by atoms with van der Waals surface area (Å²) in [7, 11) is 0. The first-order valence-corrected chi connectivity index (χ1v) is 6.17. The Bertz CT molecular complexity index is 459. The van der Waals surface area contributed by atoms with E-state index in [1.54, 1.807) is 12.1 Å². The number of benzene rings is 1. The van der Waals surface area contributed by atoms with E-state index in [1.165, 1.54) is 6.07 Å². The van der Waals surface area contributed by atoms with Gasteiger partial charge in [0.2, 0.25) is 0 Å². The average Bonchev–Trinajstić information content (AvgIpc) is 2.93. The van der Waals surface area contributed by atoms with E-state index in [-0.39, 0.29) is 24.1 Å². The second-order valence-electron chi connectivity index (χ2n) is 4.41. The highest BCUT2D eigenvalue weighted by molar-refractivity contribution is 5.97. The lowest BCUT2D eigenvalue weighted by atomic mass is 10.1. The van der Waals surface area contributed by atoms with Crippen LogP contribution in [0.15, 0.2) is 23.4 Å². The summed E-state index contributed by atoms with van der Waals surface area (Å²) in [5.74, 6) is -0.774. The standard InChI is InChI=1S/C13H17FN2O3/c14-12-9(3-1-5-11(12)13(15)16-17)7-18-8-10-4-2-6-19-10/h1,3,5,10,17H,2,4,6-8H2,(H2,15,16). The molecule has 1 saturated heterocycles. The van der Waals surface area contributed by atoms with Gasteiger partial charge >= 0.3 is 0 Å². The van der Waals surface area contributed by atoms with Gasteiger partial charge in [-0.1, -0.05) is 17.3 Å². The van der Waals surface area contributed by atoms with E-state index in [0.717, 1.165) is 19.4 Å². The van der Waals surface area contributed by atoms with E-state index >= 15 is 0 Å². The Morgan fingerprint density at radius 1 is 1.58 bits per heavy atom. The third kappa shape index (κ3) is 3.42. The van der Waals surface area contributed by atoms with Gasteiger partial charge in [0.15, 0.2) is 5.84 Å². The maximum atomic E-state index is 14.0. The molecule has 6 heteroatoms. The predicted octanol–water partition coefficient (Wildman–Crippen LogP) is 1.62. The lowest BCUT2D eigenvalue weighted by Crippen LogP contribution is -2.17. The van der Waals surface area contributed by atoms with Gasteiger partial charge < -0.3 is 20.4 Å². The van der Waals surface area contributed by atoms with Gasteiger partial charge in [-0.15, -0.1) is 0 Å². The molecule has 0 amide bonds. The van der Waals surface area contributed by atoms with Crippen LogP contribution >= 0.6 is 0 Å². The lowest BCUT2D eigenvalue weighted by molar-refractivity contribution is 0.00982. The molecule has 104 valence electrons. The Morgan fingerprint density at radius 3 is 3.11 bits per heavy atom. The molecular formula is C13H17FN2O3. The van der Waals surface area contributed by atoms with Crippen molar-refractivity contribution in [2.75, 3.05) is 13.2 Å². The zero-order chi connectivity index (χ0) is 13.7. The number of amidine groups is 1. The van der Waals surface area contributed by atoms with Crippen molar-refractivity contribution < 1.29 is 19.1 Å². The Morgan fingerprint density at radius 2 is 2.42 bits per heavy atom. The fourth-order valence-electron chi connectivity index (χ4n) is 2.02. The third-order valence-corrected chi connectivity index (χ3v) is 3.05. The van der Waals surface area contributed by atoms with Crippen molar-refractivity contribution in [1.29, 1.82) is 0 Å². The lowest BCUT2D eigenvalue weighted by Gasteiger charge is -2.11. The summed E-state index contributed by atoms with van der Waals surface area (Å²) in [5.41, 5.74) is 5.84. The maximum Gasteiger partial charge on any atom is 0.173 e. The molecule has 3 N–H and O–H groups in total. The first-order chi connectivity index (χ1) is 9.22. The van der Waals surface area contributed by atoms with Crippen LogP contribution in [0.3, 0.4) is 0 Å². The zero-order valence-corrected chi connectivity index (χ0v) is 10.5. The summed E-state index contributed by atoms with van der Waals surface area (Å²) in [4.78, 5) is 0. The highest BCUT2D eigenvalue weighted by Crippen LogP contribution is 2.16. The van der Waals surface area contributed by atoms with Crippen molar-refractivity contribution in [3.63, 3.8) is 0 Å². The molecule has 0 spiro atoms. The Balaban J connectivity index is 1.96. The molecular weight excluding hydrogens is 251 g/mol. The minimum atomic E-state index is -0.523. The molecule has 5 nitrogen and oxygen atoms in total. The Hall–Kier alpha value is -1.66. The van der Waals surface area contributed by atoms with Crippen molar-refractivity contribution in [1.82, 2.24) is 0 Å². The number of rotatable bonds is 5. The van der Waals surface area contributed by atoms with Gasteiger partial charge in [-0.05, 0) is 18.9 Å². The summed E-state index contributed by atoms with van der Waals surface area (Å²) in [5, 5.41) is 11.4. The van der Waals surface area contributed by atoms with Crippen LogP contribution in [-0.4, -0.2) is 30.4 Å². The monoisotopic (exact) mass is 268 g/mol. The molecule has 2 rings (SSSR count). The van der Waals surface area contributed by atoms with Crippen LogP contribution in [0.1, 0.15) is 24.0 Å². The maximum absolute atomic E-state index is 14.0. The molecule has 1 aromatic rings. The van der Waals surface area contributed by atoms with Crippen molar-refractivity contribution in [2.45, 2.75) is 25.6 Å². The number of halogens is 1. The Labute approximate surface area is 110 Å². The van der Waals surface area contributed by atoms with Gasteiger partial charge in [0, 0.05) is 12.2 Å². The number of nitrogens with two attached hydrogens (primary N) is 1. The fraction of sp³-hybridized carbons (Fsp3) is 0.462. The van der Waals surface area contributed by atoms with Crippen molar-refractivity contribution in [3.05, 3.63) is 35.1 Å². The SMILES string of the molecule is N/C(=N/O)c1cccc(COCC2CCCO2)c1F. The number of hydrogen-bond acceptors (Lipinski definition) is 4. The molecule has 1 atom stereocenters. The molecule has 1 fully saturated rings.